The van der Waals surface area contributed by atoms with Crippen LogP contribution in [-0.2, 0) is 9.05 Å². The molecule has 0 unspecified atom stereocenters. The van der Waals surface area contributed by atoms with E-state index < -0.39 is 7.73 Å². The van der Waals surface area contributed by atoms with Gasteiger partial charge in [0.25, 0.3) is 7.73 Å². The lowest BCUT2D eigenvalue weighted by Gasteiger charge is -2.06. The van der Waals surface area contributed by atoms with Gasteiger partial charge in [0, 0.05) is 0 Å². The normalized spacial score (nSPS) is 14.6. The Morgan fingerprint density at radius 1 is 1.08 bits per heavy atom. The van der Waals surface area contributed by atoms with Crippen molar-refractivity contribution >= 4 is 19.0 Å². The van der Waals surface area contributed by atoms with E-state index in [1.807, 2.05) is 38.2 Å². The molecule has 0 spiro atoms. The van der Waals surface area contributed by atoms with Crippen molar-refractivity contribution in [3.63, 3.8) is 0 Å². The van der Waals surface area contributed by atoms with Gasteiger partial charge in [0.05, 0.1) is 13.2 Å². The van der Waals surface area contributed by atoms with Crippen LogP contribution in [0.25, 0.3) is 0 Å². The zero-order chi connectivity index (χ0) is 9.23. The first-order chi connectivity index (χ1) is 5.81. The summed E-state index contributed by atoms with van der Waals surface area (Å²) < 4.78 is 10.2. The summed E-state index contributed by atoms with van der Waals surface area (Å²) in [6.07, 6.45) is 7.59. The van der Waals surface area contributed by atoms with Crippen LogP contribution in [0.4, 0.5) is 0 Å². The molecule has 0 aliphatic heterocycles. The molecule has 0 aromatic heterocycles. The van der Waals surface area contributed by atoms with E-state index in [0.717, 1.165) is 0 Å². The molecule has 0 amide bonds. The smallest absolute Gasteiger partial charge is 0.277 e. The van der Waals surface area contributed by atoms with Crippen LogP contribution in [0.1, 0.15) is 13.8 Å². The molecule has 70 valence electrons. The van der Waals surface area contributed by atoms with Gasteiger partial charge in [-0.25, -0.2) is 0 Å². The van der Waals surface area contributed by atoms with Gasteiger partial charge in [0.15, 0.2) is 0 Å². The van der Waals surface area contributed by atoms with Crippen molar-refractivity contribution in [1.82, 2.24) is 0 Å². The lowest BCUT2D eigenvalue weighted by Crippen LogP contribution is -1.86. The molecule has 0 aromatic carbocycles. The Kier molecular flexibility index (Phi) is 9.30. The summed E-state index contributed by atoms with van der Waals surface area (Å²) in [5.41, 5.74) is 0. The van der Waals surface area contributed by atoms with E-state index in [2.05, 4.69) is 0 Å². The average Bonchev–Trinajstić information content (AvgIpc) is 2.06. The maximum atomic E-state index is 5.70. The van der Waals surface area contributed by atoms with Crippen molar-refractivity contribution in [2.24, 2.45) is 0 Å². The van der Waals surface area contributed by atoms with E-state index in [-0.39, 0.29) is 0 Å². The molecular formula is C8H14ClO2P. The number of rotatable bonds is 6. The predicted octanol–water partition coefficient (Wildman–Crippen LogP) is 3.64. The molecule has 0 aliphatic rings. The highest BCUT2D eigenvalue weighted by molar-refractivity contribution is 7.76. The molecule has 0 aromatic rings. The number of halogens is 1. The van der Waals surface area contributed by atoms with E-state index in [9.17, 15) is 0 Å². The Balaban J connectivity index is 3.26. The molecule has 0 radical (unpaired) electrons. The van der Waals surface area contributed by atoms with Crippen molar-refractivity contribution in [2.45, 2.75) is 13.8 Å². The Morgan fingerprint density at radius 2 is 1.50 bits per heavy atom. The van der Waals surface area contributed by atoms with E-state index in [0.29, 0.717) is 13.2 Å². The molecule has 0 saturated heterocycles. The van der Waals surface area contributed by atoms with Gasteiger partial charge in [-0.2, -0.15) is 0 Å². The second-order valence-corrected chi connectivity index (χ2v) is 3.71. The molecule has 12 heavy (non-hydrogen) atoms. The fourth-order valence-corrected chi connectivity index (χ4v) is 1.25. The van der Waals surface area contributed by atoms with Crippen LogP contribution < -0.4 is 0 Å². The van der Waals surface area contributed by atoms with Gasteiger partial charge in [-0.1, -0.05) is 24.3 Å². The minimum atomic E-state index is -1.23. The summed E-state index contributed by atoms with van der Waals surface area (Å²) in [6.45, 7) is 4.89. The second kappa shape index (κ2) is 9.21. The monoisotopic (exact) mass is 208 g/mol. The first-order valence-electron chi connectivity index (χ1n) is 3.75. The second-order valence-electron chi connectivity index (χ2n) is 1.94. The molecule has 0 saturated carbocycles. The minimum Gasteiger partial charge on any atom is -0.318 e. The molecule has 2 nitrogen and oxygen atoms in total. The van der Waals surface area contributed by atoms with Crippen molar-refractivity contribution < 1.29 is 9.05 Å². The molecule has 4 heteroatoms. The Labute approximate surface area is 79.9 Å². The van der Waals surface area contributed by atoms with E-state index in [1.54, 1.807) is 0 Å². The average molecular weight is 209 g/mol. The summed E-state index contributed by atoms with van der Waals surface area (Å²) in [4.78, 5) is 0. The molecule has 0 fully saturated rings. The van der Waals surface area contributed by atoms with Gasteiger partial charge in [-0.05, 0) is 25.1 Å². The van der Waals surface area contributed by atoms with Gasteiger partial charge in [-0.3, -0.25) is 0 Å². The Hall–Kier alpha value is 0.120. The lowest BCUT2D eigenvalue weighted by atomic mass is 10.6. The quantitative estimate of drug-likeness (QED) is 0.490. The highest BCUT2D eigenvalue weighted by Gasteiger charge is 2.02. The third kappa shape index (κ3) is 8.22. The van der Waals surface area contributed by atoms with Crippen LogP contribution in [0, 0.1) is 0 Å². The molecule has 0 rings (SSSR count). The molecular weight excluding hydrogens is 195 g/mol. The first-order valence-corrected chi connectivity index (χ1v) is 5.83. The van der Waals surface area contributed by atoms with Gasteiger partial charge in [-0.15, -0.1) is 0 Å². The summed E-state index contributed by atoms with van der Waals surface area (Å²) in [5, 5.41) is 0. The zero-order valence-corrected chi connectivity index (χ0v) is 9.02. The maximum absolute atomic E-state index is 5.70. The SMILES string of the molecule is CC=CCOP(Cl)OCC=CC. The van der Waals surface area contributed by atoms with Crippen molar-refractivity contribution in [2.75, 3.05) is 13.2 Å². The molecule has 0 aliphatic carbocycles. The first kappa shape index (κ1) is 12.1. The highest BCUT2D eigenvalue weighted by Crippen LogP contribution is 2.43. The highest BCUT2D eigenvalue weighted by atomic mass is 35.7. The van der Waals surface area contributed by atoms with Crippen LogP contribution in [-0.4, -0.2) is 13.2 Å². The Bertz CT molecular complexity index is 132. The van der Waals surface area contributed by atoms with Crippen molar-refractivity contribution in [1.29, 1.82) is 0 Å². The molecule has 0 atom stereocenters. The van der Waals surface area contributed by atoms with Crippen LogP contribution in [0.3, 0.4) is 0 Å². The van der Waals surface area contributed by atoms with E-state index in [4.69, 9.17) is 20.3 Å². The standard InChI is InChI=1S/C8H14ClO2P/c1-3-5-7-10-12(9)11-8-6-4-2/h3-6H,7-8H2,1-2H3. The summed E-state index contributed by atoms with van der Waals surface area (Å²) in [7, 11) is -1.23. The van der Waals surface area contributed by atoms with Crippen LogP contribution >= 0.6 is 19.0 Å². The largest absolute Gasteiger partial charge is 0.318 e. The summed E-state index contributed by atoms with van der Waals surface area (Å²) >= 11 is 5.70. The van der Waals surface area contributed by atoms with Crippen LogP contribution in [0.2, 0.25) is 0 Å². The third-order valence-electron chi connectivity index (χ3n) is 1.02. The number of allylic oxidation sites excluding steroid dienone is 2. The topological polar surface area (TPSA) is 18.5 Å². The summed E-state index contributed by atoms with van der Waals surface area (Å²) in [5.74, 6) is 0. The van der Waals surface area contributed by atoms with Gasteiger partial charge in [0.2, 0.25) is 0 Å². The fraction of sp³-hybridized carbons (Fsp3) is 0.500. The molecule has 0 bridgehead atoms. The number of hydrogen-bond donors (Lipinski definition) is 0. The third-order valence-corrected chi connectivity index (χ3v) is 2.31. The maximum Gasteiger partial charge on any atom is 0.277 e. The van der Waals surface area contributed by atoms with Crippen LogP contribution in [0.15, 0.2) is 24.3 Å². The van der Waals surface area contributed by atoms with Crippen LogP contribution in [0.5, 0.6) is 0 Å². The zero-order valence-electron chi connectivity index (χ0n) is 7.37. The molecule has 0 heterocycles. The fourth-order valence-electron chi connectivity index (χ4n) is 0.433. The van der Waals surface area contributed by atoms with Crippen molar-refractivity contribution in [3.8, 4) is 0 Å². The summed E-state index contributed by atoms with van der Waals surface area (Å²) in [6, 6.07) is 0. The van der Waals surface area contributed by atoms with Crippen molar-refractivity contribution in [3.05, 3.63) is 24.3 Å². The van der Waals surface area contributed by atoms with Gasteiger partial charge >= 0.3 is 0 Å². The minimum absolute atomic E-state index is 0.515. The lowest BCUT2D eigenvalue weighted by molar-refractivity contribution is 0.303. The predicted molar refractivity (Wildman–Crippen MR) is 54.3 cm³/mol. The number of hydrogen-bond acceptors (Lipinski definition) is 2. The molecule has 0 N–H and O–H groups in total. The Morgan fingerprint density at radius 3 is 1.83 bits per heavy atom. The van der Waals surface area contributed by atoms with E-state index in [1.165, 1.54) is 0 Å². The van der Waals surface area contributed by atoms with Gasteiger partial charge in [0.1, 0.15) is 0 Å². The van der Waals surface area contributed by atoms with E-state index >= 15 is 0 Å². The van der Waals surface area contributed by atoms with Gasteiger partial charge < -0.3 is 9.05 Å².